The van der Waals surface area contributed by atoms with Gasteiger partial charge < -0.3 is 10.1 Å². The van der Waals surface area contributed by atoms with Crippen molar-refractivity contribution in [1.82, 2.24) is 9.29 Å². The molecule has 0 unspecified atom stereocenters. The van der Waals surface area contributed by atoms with Crippen molar-refractivity contribution in [2.24, 2.45) is 0 Å². The molecule has 2 rings (SSSR count). The molecule has 0 aliphatic rings. The molecule has 8 nitrogen and oxygen atoms in total. The standard InChI is InChI=1S/C16H15Cl2N3O5S/c1-21(2)27(24,25)13-8-11(3-4-12(13)17)20-15(22)9-26-16(23)10-5-6-19-14(18)7-10/h3-8H,9H2,1-2H3,(H,20,22). The van der Waals surface area contributed by atoms with Gasteiger partial charge in [0.2, 0.25) is 10.0 Å². The van der Waals surface area contributed by atoms with Crippen LogP contribution in [-0.2, 0) is 19.6 Å². The number of carbonyl (C=O) groups excluding carboxylic acids is 2. The van der Waals surface area contributed by atoms with Crippen molar-refractivity contribution in [1.29, 1.82) is 0 Å². The molecule has 0 atom stereocenters. The number of pyridine rings is 1. The van der Waals surface area contributed by atoms with E-state index in [2.05, 4.69) is 10.3 Å². The lowest BCUT2D eigenvalue weighted by molar-refractivity contribution is -0.119. The van der Waals surface area contributed by atoms with Crippen molar-refractivity contribution in [2.45, 2.75) is 4.90 Å². The highest BCUT2D eigenvalue weighted by molar-refractivity contribution is 7.89. The molecule has 0 radical (unpaired) electrons. The number of anilines is 1. The van der Waals surface area contributed by atoms with Crippen molar-refractivity contribution in [2.75, 3.05) is 26.0 Å². The molecule has 0 saturated heterocycles. The molecule has 1 aromatic carbocycles. The average molecular weight is 432 g/mol. The first kappa shape index (κ1) is 21.1. The number of nitrogens with one attached hydrogen (secondary N) is 1. The molecular weight excluding hydrogens is 417 g/mol. The van der Waals surface area contributed by atoms with Gasteiger partial charge in [0.05, 0.1) is 10.6 Å². The number of hydrogen-bond donors (Lipinski definition) is 1. The number of benzene rings is 1. The van der Waals surface area contributed by atoms with Gasteiger partial charge in [-0.3, -0.25) is 4.79 Å². The number of aromatic nitrogens is 1. The lowest BCUT2D eigenvalue weighted by Crippen LogP contribution is -2.23. The number of nitrogens with zero attached hydrogens (tertiary/aromatic N) is 2. The summed E-state index contributed by atoms with van der Waals surface area (Å²) in [5.74, 6) is -1.40. The fourth-order valence-corrected chi connectivity index (χ4v) is 3.48. The zero-order valence-electron chi connectivity index (χ0n) is 14.3. The fraction of sp³-hybridized carbons (Fsp3) is 0.188. The maximum absolute atomic E-state index is 12.2. The molecule has 1 N–H and O–H groups in total. The molecule has 1 amide bonds. The van der Waals surface area contributed by atoms with Gasteiger partial charge in [-0.1, -0.05) is 23.2 Å². The molecular formula is C16H15Cl2N3O5S. The maximum atomic E-state index is 12.2. The van der Waals surface area contributed by atoms with Crippen molar-refractivity contribution < 1.29 is 22.7 Å². The van der Waals surface area contributed by atoms with Crippen molar-refractivity contribution >= 4 is 50.8 Å². The first-order valence-electron chi connectivity index (χ1n) is 7.42. The summed E-state index contributed by atoms with van der Waals surface area (Å²) in [5.41, 5.74) is 0.335. The second kappa shape index (κ2) is 8.66. The van der Waals surface area contributed by atoms with Gasteiger partial charge >= 0.3 is 5.97 Å². The number of amides is 1. The summed E-state index contributed by atoms with van der Waals surface area (Å²) in [6, 6.07) is 6.70. The largest absolute Gasteiger partial charge is 0.452 e. The van der Waals surface area contributed by atoms with Crippen LogP contribution in [0.1, 0.15) is 10.4 Å². The van der Waals surface area contributed by atoms with Gasteiger partial charge in [0.25, 0.3) is 5.91 Å². The Morgan fingerprint density at radius 3 is 2.52 bits per heavy atom. The summed E-state index contributed by atoms with van der Waals surface area (Å²) in [6.45, 7) is -0.572. The molecule has 0 fully saturated rings. The van der Waals surface area contributed by atoms with Gasteiger partial charge in [-0.25, -0.2) is 22.5 Å². The lowest BCUT2D eigenvalue weighted by Gasteiger charge is -2.14. The van der Waals surface area contributed by atoms with Gasteiger partial charge in [0.15, 0.2) is 6.61 Å². The van der Waals surface area contributed by atoms with Crippen LogP contribution in [0.4, 0.5) is 5.69 Å². The van der Waals surface area contributed by atoms with E-state index in [-0.39, 0.29) is 26.3 Å². The van der Waals surface area contributed by atoms with E-state index in [9.17, 15) is 18.0 Å². The molecule has 2 aromatic rings. The summed E-state index contributed by atoms with van der Waals surface area (Å²) < 4.78 is 30.4. The zero-order chi connectivity index (χ0) is 20.2. The number of ether oxygens (including phenoxy) is 1. The van der Waals surface area contributed by atoms with Crippen LogP contribution in [0, 0.1) is 0 Å². The van der Waals surface area contributed by atoms with E-state index < -0.39 is 28.5 Å². The molecule has 144 valence electrons. The van der Waals surface area contributed by atoms with E-state index in [0.717, 1.165) is 4.31 Å². The monoisotopic (exact) mass is 431 g/mol. The summed E-state index contributed by atoms with van der Waals surface area (Å²) in [5, 5.41) is 2.57. The number of esters is 1. The Hall–Kier alpha value is -2.20. The number of halogens is 2. The minimum absolute atomic E-state index is 0.0164. The molecule has 27 heavy (non-hydrogen) atoms. The first-order chi connectivity index (χ1) is 12.6. The Morgan fingerprint density at radius 2 is 1.89 bits per heavy atom. The Labute approximate surface area is 166 Å². The van der Waals surface area contributed by atoms with Gasteiger partial charge in [-0.15, -0.1) is 0 Å². The molecule has 1 heterocycles. The topological polar surface area (TPSA) is 106 Å². The first-order valence-corrected chi connectivity index (χ1v) is 9.61. The lowest BCUT2D eigenvalue weighted by atomic mass is 10.3. The number of sulfonamides is 1. The Morgan fingerprint density at radius 1 is 1.19 bits per heavy atom. The van der Waals surface area contributed by atoms with E-state index in [4.69, 9.17) is 27.9 Å². The van der Waals surface area contributed by atoms with Gasteiger partial charge in [0, 0.05) is 26.0 Å². The third-order valence-corrected chi connectivity index (χ3v) is 5.77. The third-order valence-electron chi connectivity index (χ3n) is 3.27. The fourth-order valence-electron chi connectivity index (χ4n) is 1.92. The van der Waals surface area contributed by atoms with Gasteiger partial charge in [-0.2, -0.15) is 0 Å². The van der Waals surface area contributed by atoms with Crippen LogP contribution in [0.15, 0.2) is 41.4 Å². The number of carbonyl (C=O) groups is 2. The number of hydrogen-bond acceptors (Lipinski definition) is 6. The highest BCUT2D eigenvalue weighted by Crippen LogP contribution is 2.26. The molecule has 0 bridgehead atoms. The van der Waals surface area contributed by atoms with Crippen LogP contribution in [-0.4, -0.2) is 50.3 Å². The predicted octanol–water partition coefficient (Wildman–Crippen LogP) is 2.43. The summed E-state index contributed by atoms with van der Waals surface area (Å²) in [4.78, 5) is 27.4. The molecule has 0 spiro atoms. The maximum Gasteiger partial charge on any atom is 0.338 e. The van der Waals surface area contributed by atoms with E-state index in [1.54, 1.807) is 0 Å². The second-order valence-electron chi connectivity index (χ2n) is 5.42. The molecule has 1 aromatic heterocycles. The Balaban J connectivity index is 2.05. The van der Waals surface area contributed by atoms with E-state index >= 15 is 0 Å². The van der Waals surface area contributed by atoms with Crippen LogP contribution in [0.2, 0.25) is 10.2 Å². The Kier molecular flexibility index (Phi) is 6.77. The molecule has 0 aliphatic carbocycles. The molecule has 11 heteroatoms. The number of rotatable bonds is 6. The summed E-state index contributed by atoms with van der Waals surface area (Å²) in [6.07, 6.45) is 1.33. The minimum atomic E-state index is -3.79. The third kappa shape index (κ3) is 5.39. The van der Waals surface area contributed by atoms with Crippen LogP contribution in [0.25, 0.3) is 0 Å². The summed E-state index contributed by atoms with van der Waals surface area (Å²) >= 11 is 11.6. The average Bonchev–Trinajstić information content (AvgIpc) is 2.61. The van der Waals surface area contributed by atoms with E-state index in [0.29, 0.717) is 0 Å². The molecule has 0 saturated carbocycles. The van der Waals surface area contributed by atoms with E-state index in [1.807, 2.05) is 0 Å². The van der Waals surface area contributed by atoms with Crippen LogP contribution < -0.4 is 5.32 Å². The van der Waals surface area contributed by atoms with Crippen molar-refractivity contribution in [3.8, 4) is 0 Å². The highest BCUT2D eigenvalue weighted by atomic mass is 35.5. The van der Waals surface area contributed by atoms with Crippen LogP contribution in [0.5, 0.6) is 0 Å². The quantitative estimate of drug-likeness (QED) is 0.555. The van der Waals surface area contributed by atoms with Crippen molar-refractivity contribution in [3.63, 3.8) is 0 Å². The molecule has 0 aliphatic heterocycles. The second-order valence-corrected chi connectivity index (χ2v) is 8.34. The van der Waals surface area contributed by atoms with Crippen LogP contribution >= 0.6 is 23.2 Å². The smallest absolute Gasteiger partial charge is 0.338 e. The normalized spacial score (nSPS) is 11.3. The van der Waals surface area contributed by atoms with Crippen LogP contribution in [0.3, 0.4) is 0 Å². The zero-order valence-corrected chi connectivity index (χ0v) is 16.6. The van der Waals surface area contributed by atoms with Gasteiger partial charge in [0.1, 0.15) is 10.0 Å². The summed E-state index contributed by atoms with van der Waals surface area (Å²) in [7, 11) is -1.06. The predicted molar refractivity (Wildman–Crippen MR) is 100 cm³/mol. The highest BCUT2D eigenvalue weighted by Gasteiger charge is 2.21. The van der Waals surface area contributed by atoms with Gasteiger partial charge in [-0.05, 0) is 30.3 Å². The minimum Gasteiger partial charge on any atom is -0.452 e. The Bertz CT molecular complexity index is 980. The van der Waals surface area contributed by atoms with Crippen molar-refractivity contribution in [3.05, 3.63) is 52.3 Å². The van der Waals surface area contributed by atoms with E-state index in [1.165, 1.54) is 50.6 Å². The SMILES string of the molecule is CN(C)S(=O)(=O)c1cc(NC(=O)COC(=O)c2ccnc(Cl)c2)ccc1Cl.